The zero-order chi connectivity index (χ0) is 24.1. The number of thiazole rings is 1. The van der Waals surface area contributed by atoms with Gasteiger partial charge in [-0.1, -0.05) is 18.2 Å². The van der Waals surface area contributed by atoms with Gasteiger partial charge in [-0.25, -0.2) is 35.4 Å². The number of anilines is 1. The maximum absolute atomic E-state index is 14.1. The minimum Gasteiger partial charge on any atom is -0.345 e. The summed E-state index contributed by atoms with van der Waals surface area (Å²) in [5, 5.41) is 2.52. The Hall–Kier alpha value is -2.57. The summed E-state index contributed by atoms with van der Waals surface area (Å²) in [5.41, 5.74) is 3.96. The maximum Gasteiger partial charge on any atom is 0.249 e. The van der Waals surface area contributed by atoms with E-state index in [1.54, 1.807) is 0 Å². The molecule has 2 aromatic carbocycles. The molecular formula is C21H18F5N3O2S2. The average molecular weight is 504 g/mol. The largest absolute Gasteiger partial charge is 0.345 e. The molecule has 1 aliphatic heterocycles. The summed E-state index contributed by atoms with van der Waals surface area (Å²) in [4.78, 5) is 4.60. The van der Waals surface area contributed by atoms with Gasteiger partial charge in [0.05, 0.1) is 5.69 Å². The Labute approximate surface area is 191 Å². The SMILES string of the molecule is Cc1cccc(-c2csc(N3CCN(S(=O)(=O)c4c(F)c(F)c(F)c(F)c4F)CC3)n2)c1C. The van der Waals surface area contributed by atoms with Gasteiger partial charge in [-0.3, -0.25) is 0 Å². The van der Waals surface area contributed by atoms with Crippen LogP contribution in [0.1, 0.15) is 11.1 Å². The van der Waals surface area contributed by atoms with E-state index in [9.17, 15) is 30.4 Å². The summed E-state index contributed by atoms with van der Waals surface area (Å²) in [5.74, 6) is -11.7. The van der Waals surface area contributed by atoms with Crippen LogP contribution in [-0.2, 0) is 10.0 Å². The minimum atomic E-state index is -4.95. The highest BCUT2D eigenvalue weighted by molar-refractivity contribution is 7.89. The zero-order valence-corrected chi connectivity index (χ0v) is 19.1. The van der Waals surface area contributed by atoms with Crippen LogP contribution < -0.4 is 4.90 Å². The van der Waals surface area contributed by atoms with E-state index in [4.69, 9.17) is 0 Å². The standard InChI is InChI=1S/C21H18F5N3O2S2/c1-11-4-3-5-13(12(11)2)14-10-32-21(27-14)28-6-8-29(9-7-28)33(30,31)20-18(25)16(23)15(22)17(24)19(20)26/h3-5,10H,6-9H2,1-2H3. The van der Waals surface area contributed by atoms with E-state index in [-0.39, 0.29) is 26.2 Å². The fourth-order valence-corrected chi connectivity index (χ4v) is 6.04. The van der Waals surface area contributed by atoms with E-state index in [1.807, 2.05) is 42.3 Å². The summed E-state index contributed by atoms with van der Waals surface area (Å²) in [7, 11) is -4.95. The molecule has 1 aliphatic rings. The van der Waals surface area contributed by atoms with Gasteiger partial charge in [-0.15, -0.1) is 11.3 Å². The molecule has 12 heteroatoms. The van der Waals surface area contributed by atoms with Crippen molar-refractivity contribution in [2.24, 2.45) is 0 Å². The number of halogens is 5. The first kappa shape index (κ1) is 23.6. The monoisotopic (exact) mass is 503 g/mol. The van der Waals surface area contributed by atoms with Gasteiger partial charge in [0.15, 0.2) is 33.3 Å². The number of piperazine rings is 1. The van der Waals surface area contributed by atoms with Crippen LogP contribution in [-0.4, -0.2) is 43.9 Å². The smallest absolute Gasteiger partial charge is 0.249 e. The van der Waals surface area contributed by atoms with E-state index in [0.29, 0.717) is 9.44 Å². The first-order valence-electron chi connectivity index (χ1n) is 9.82. The topological polar surface area (TPSA) is 53.5 Å². The highest BCUT2D eigenvalue weighted by Gasteiger charge is 2.38. The molecule has 0 spiro atoms. The second kappa shape index (κ2) is 8.65. The average Bonchev–Trinajstić information content (AvgIpc) is 3.28. The number of hydrogen-bond donors (Lipinski definition) is 0. The number of aryl methyl sites for hydroxylation is 1. The first-order chi connectivity index (χ1) is 15.5. The fraction of sp³-hybridized carbons (Fsp3) is 0.286. The molecule has 0 atom stereocenters. The van der Waals surface area contributed by atoms with E-state index in [2.05, 4.69) is 4.98 Å². The van der Waals surface area contributed by atoms with Crippen molar-refractivity contribution in [3.63, 3.8) is 0 Å². The molecule has 4 rings (SSSR count). The molecule has 0 aliphatic carbocycles. The van der Waals surface area contributed by atoms with Crippen LogP contribution >= 0.6 is 11.3 Å². The lowest BCUT2D eigenvalue weighted by molar-refractivity contribution is 0.344. The van der Waals surface area contributed by atoms with Gasteiger partial charge in [0.25, 0.3) is 0 Å². The molecule has 0 radical (unpaired) electrons. The zero-order valence-electron chi connectivity index (χ0n) is 17.5. The number of sulfonamides is 1. The summed E-state index contributed by atoms with van der Waals surface area (Å²) in [6.07, 6.45) is 0. The molecule has 0 saturated carbocycles. The quantitative estimate of drug-likeness (QED) is 0.296. The van der Waals surface area contributed by atoms with Gasteiger partial charge in [0.2, 0.25) is 15.8 Å². The molecular weight excluding hydrogens is 485 g/mol. The minimum absolute atomic E-state index is 0.133. The highest BCUT2D eigenvalue weighted by atomic mass is 32.2. The molecule has 0 unspecified atom stereocenters. The molecule has 1 fully saturated rings. The van der Waals surface area contributed by atoms with Crippen LogP contribution in [0.15, 0.2) is 28.5 Å². The molecule has 176 valence electrons. The molecule has 0 bridgehead atoms. The van der Waals surface area contributed by atoms with Crippen molar-refractivity contribution in [3.8, 4) is 11.3 Å². The number of benzene rings is 2. The molecule has 0 amide bonds. The van der Waals surface area contributed by atoms with E-state index >= 15 is 0 Å². The fourth-order valence-electron chi connectivity index (χ4n) is 3.62. The van der Waals surface area contributed by atoms with E-state index in [1.165, 1.54) is 11.3 Å². The van der Waals surface area contributed by atoms with Gasteiger partial charge < -0.3 is 4.90 Å². The second-order valence-corrected chi connectivity index (χ2v) is 10.3. The van der Waals surface area contributed by atoms with Crippen LogP contribution in [0.4, 0.5) is 27.1 Å². The number of rotatable bonds is 4. The van der Waals surface area contributed by atoms with Crippen LogP contribution in [0.2, 0.25) is 0 Å². The van der Waals surface area contributed by atoms with Crippen molar-refractivity contribution < 1.29 is 30.4 Å². The Morgan fingerprint density at radius 3 is 2.06 bits per heavy atom. The second-order valence-electron chi connectivity index (χ2n) is 7.55. The highest BCUT2D eigenvalue weighted by Crippen LogP contribution is 2.33. The third-order valence-corrected chi connectivity index (χ3v) is 8.47. The van der Waals surface area contributed by atoms with Crippen LogP contribution in [0.3, 0.4) is 0 Å². The molecule has 5 nitrogen and oxygen atoms in total. The summed E-state index contributed by atoms with van der Waals surface area (Å²) < 4.78 is 94.6. The lowest BCUT2D eigenvalue weighted by atomic mass is 10.0. The van der Waals surface area contributed by atoms with Gasteiger partial charge in [-0.2, -0.15) is 4.31 Å². The Balaban J connectivity index is 1.55. The number of aromatic nitrogens is 1. The lowest BCUT2D eigenvalue weighted by Gasteiger charge is -2.33. The van der Waals surface area contributed by atoms with Gasteiger partial charge in [0.1, 0.15) is 0 Å². The van der Waals surface area contributed by atoms with Crippen molar-refractivity contribution in [2.45, 2.75) is 18.7 Å². The molecule has 0 N–H and O–H groups in total. The van der Waals surface area contributed by atoms with Crippen LogP contribution in [0.25, 0.3) is 11.3 Å². The van der Waals surface area contributed by atoms with Crippen molar-refractivity contribution in [1.82, 2.24) is 9.29 Å². The molecule has 1 aromatic heterocycles. The molecule has 2 heterocycles. The summed E-state index contributed by atoms with van der Waals surface area (Å²) in [6, 6.07) is 5.88. The third-order valence-electron chi connectivity index (χ3n) is 5.65. The maximum atomic E-state index is 14.1. The normalized spacial score (nSPS) is 15.3. The Morgan fingerprint density at radius 1 is 0.879 bits per heavy atom. The molecule has 1 saturated heterocycles. The third kappa shape index (κ3) is 4.00. The van der Waals surface area contributed by atoms with Crippen LogP contribution in [0, 0.1) is 42.9 Å². The predicted octanol–water partition coefficient (Wildman–Crippen LogP) is 4.63. The van der Waals surface area contributed by atoms with E-state index < -0.39 is 44.0 Å². The number of nitrogens with zero attached hydrogens (tertiary/aromatic N) is 3. The van der Waals surface area contributed by atoms with Crippen molar-refractivity contribution in [2.75, 3.05) is 31.1 Å². The summed E-state index contributed by atoms with van der Waals surface area (Å²) in [6.45, 7) is 3.84. The lowest BCUT2D eigenvalue weighted by Crippen LogP contribution is -2.49. The van der Waals surface area contributed by atoms with Crippen molar-refractivity contribution >= 4 is 26.5 Å². The summed E-state index contributed by atoms with van der Waals surface area (Å²) >= 11 is 1.37. The molecule has 3 aromatic rings. The van der Waals surface area contributed by atoms with Crippen molar-refractivity contribution in [1.29, 1.82) is 0 Å². The molecule has 33 heavy (non-hydrogen) atoms. The Morgan fingerprint density at radius 2 is 1.45 bits per heavy atom. The van der Waals surface area contributed by atoms with Gasteiger partial charge in [0, 0.05) is 37.1 Å². The number of hydrogen-bond acceptors (Lipinski definition) is 5. The Kier molecular flexibility index (Phi) is 6.18. The predicted molar refractivity (Wildman–Crippen MR) is 114 cm³/mol. The first-order valence-corrected chi connectivity index (χ1v) is 12.1. The van der Waals surface area contributed by atoms with Crippen molar-refractivity contribution in [3.05, 3.63) is 63.8 Å². The van der Waals surface area contributed by atoms with Crippen LogP contribution in [0.5, 0.6) is 0 Å². The van der Waals surface area contributed by atoms with E-state index in [0.717, 1.165) is 22.4 Å². The van der Waals surface area contributed by atoms with Gasteiger partial charge >= 0.3 is 0 Å². The Bertz CT molecular complexity index is 1310. The van der Waals surface area contributed by atoms with Gasteiger partial charge in [-0.05, 0) is 25.0 Å².